The van der Waals surface area contributed by atoms with Crippen LogP contribution in [0.15, 0.2) is 36.4 Å². The molecular formula is C22H27NO6. The molecule has 0 atom stereocenters. The van der Waals surface area contributed by atoms with Crippen LogP contribution in [-0.4, -0.2) is 45.9 Å². The number of ether oxygens (including phenoxy) is 4. The van der Waals surface area contributed by atoms with Gasteiger partial charge >= 0.3 is 5.97 Å². The summed E-state index contributed by atoms with van der Waals surface area (Å²) in [5.74, 6) is 1.01. The van der Waals surface area contributed by atoms with Crippen LogP contribution in [-0.2, 0) is 20.7 Å². The Morgan fingerprint density at radius 1 is 0.931 bits per heavy atom. The van der Waals surface area contributed by atoms with Gasteiger partial charge in [-0.05, 0) is 43.2 Å². The molecule has 2 aromatic rings. The van der Waals surface area contributed by atoms with Crippen LogP contribution < -0.4 is 19.5 Å². The van der Waals surface area contributed by atoms with E-state index in [4.69, 9.17) is 18.9 Å². The van der Waals surface area contributed by atoms with Gasteiger partial charge in [0.15, 0.2) is 18.1 Å². The fraction of sp³-hybridized carbons (Fsp3) is 0.364. The molecule has 2 aromatic carbocycles. The van der Waals surface area contributed by atoms with E-state index in [2.05, 4.69) is 5.32 Å². The van der Waals surface area contributed by atoms with E-state index in [1.165, 1.54) is 14.2 Å². The standard InChI is InChI=1S/C22H27NO6/c1-15-5-7-18(16(2)11-15)28-10-9-23-21(24)14-29-22(25)13-17-6-8-19(26-3)20(12-17)27-4/h5-8,11-12H,9-10,13-14H2,1-4H3,(H,23,24). The van der Waals surface area contributed by atoms with Gasteiger partial charge in [-0.25, -0.2) is 0 Å². The predicted molar refractivity (Wildman–Crippen MR) is 109 cm³/mol. The quantitative estimate of drug-likeness (QED) is 0.487. The van der Waals surface area contributed by atoms with Crippen LogP contribution in [0.2, 0.25) is 0 Å². The second kappa shape index (κ2) is 10.9. The molecule has 0 aliphatic heterocycles. The van der Waals surface area contributed by atoms with Gasteiger partial charge in [-0.3, -0.25) is 9.59 Å². The van der Waals surface area contributed by atoms with Crippen LogP contribution >= 0.6 is 0 Å². The molecule has 0 heterocycles. The summed E-state index contributed by atoms with van der Waals surface area (Å²) in [5, 5.41) is 2.66. The van der Waals surface area contributed by atoms with Crippen molar-refractivity contribution in [1.82, 2.24) is 5.32 Å². The molecule has 0 radical (unpaired) electrons. The van der Waals surface area contributed by atoms with E-state index in [1.807, 2.05) is 32.0 Å². The number of aryl methyl sites for hydroxylation is 2. The Morgan fingerprint density at radius 3 is 2.34 bits per heavy atom. The number of benzene rings is 2. The summed E-state index contributed by atoms with van der Waals surface area (Å²) in [4.78, 5) is 23.8. The molecule has 0 spiro atoms. The lowest BCUT2D eigenvalue weighted by atomic mass is 10.1. The Kier molecular flexibility index (Phi) is 8.33. The monoisotopic (exact) mass is 401 g/mol. The molecule has 29 heavy (non-hydrogen) atoms. The van der Waals surface area contributed by atoms with E-state index in [0.29, 0.717) is 30.2 Å². The summed E-state index contributed by atoms with van der Waals surface area (Å²) >= 11 is 0. The third-order valence-corrected chi connectivity index (χ3v) is 4.17. The first-order valence-corrected chi connectivity index (χ1v) is 9.26. The second-order valence-corrected chi connectivity index (χ2v) is 6.49. The lowest BCUT2D eigenvalue weighted by Gasteiger charge is -2.11. The fourth-order valence-electron chi connectivity index (χ4n) is 2.72. The van der Waals surface area contributed by atoms with Crippen molar-refractivity contribution < 1.29 is 28.5 Å². The summed E-state index contributed by atoms with van der Waals surface area (Å²) in [6.07, 6.45) is 0.0312. The lowest BCUT2D eigenvalue weighted by molar-refractivity contribution is -0.147. The van der Waals surface area contributed by atoms with E-state index in [0.717, 1.165) is 16.9 Å². The van der Waals surface area contributed by atoms with Crippen molar-refractivity contribution in [2.45, 2.75) is 20.3 Å². The van der Waals surface area contributed by atoms with Crippen LogP contribution in [0.4, 0.5) is 0 Å². The molecule has 7 nitrogen and oxygen atoms in total. The smallest absolute Gasteiger partial charge is 0.310 e. The van der Waals surface area contributed by atoms with Crippen LogP contribution in [0.25, 0.3) is 0 Å². The van der Waals surface area contributed by atoms with Gasteiger partial charge in [0.05, 0.1) is 27.2 Å². The highest BCUT2D eigenvalue weighted by Crippen LogP contribution is 2.27. The van der Waals surface area contributed by atoms with Gasteiger partial charge in [0.1, 0.15) is 12.4 Å². The molecule has 2 rings (SSSR count). The van der Waals surface area contributed by atoms with Crippen LogP contribution in [0.1, 0.15) is 16.7 Å². The highest BCUT2D eigenvalue weighted by molar-refractivity contribution is 5.81. The topological polar surface area (TPSA) is 83.1 Å². The van der Waals surface area contributed by atoms with E-state index in [-0.39, 0.29) is 18.9 Å². The van der Waals surface area contributed by atoms with Gasteiger partial charge in [-0.2, -0.15) is 0 Å². The second-order valence-electron chi connectivity index (χ2n) is 6.49. The van der Waals surface area contributed by atoms with E-state index >= 15 is 0 Å². The number of esters is 1. The van der Waals surface area contributed by atoms with Crippen molar-refractivity contribution in [3.63, 3.8) is 0 Å². The maximum absolute atomic E-state index is 12.0. The number of amides is 1. The Hall–Kier alpha value is -3.22. The van der Waals surface area contributed by atoms with Crippen LogP contribution in [0.3, 0.4) is 0 Å². The largest absolute Gasteiger partial charge is 0.493 e. The number of hydrogen-bond donors (Lipinski definition) is 1. The molecule has 0 aliphatic carbocycles. The third-order valence-electron chi connectivity index (χ3n) is 4.17. The highest BCUT2D eigenvalue weighted by atomic mass is 16.5. The van der Waals surface area contributed by atoms with Gasteiger partial charge in [-0.1, -0.05) is 23.8 Å². The average molecular weight is 401 g/mol. The van der Waals surface area contributed by atoms with Gasteiger partial charge in [0.25, 0.3) is 5.91 Å². The zero-order valence-electron chi connectivity index (χ0n) is 17.2. The molecule has 0 bridgehead atoms. The van der Waals surface area contributed by atoms with Crippen LogP contribution in [0, 0.1) is 13.8 Å². The molecule has 0 fully saturated rings. The number of carbonyl (C=O) groups excluding carboxylic acids is 2. The molecule has 156 valence electrons. The van der Waals surface area contributed by atoms with Gasteiger partial charge in [0, 0.05) is 0 Å². The van der Waals surface area contributed by atoms with Gasteiger partial charge < -0.3 is 24.3 Å². The van der Waals surface area contributed by atoms with Crippen molar-refractivity contribution in [3.05, 3.63) is 53.1 Å². The molecule has 0 aliphatic rings. The highest BCUT2D eigenvalue weighted by Gasteiger charge is 2.11. The van der Waals surface area contributed by atoms with Crippen molar-refractivity contribution >= 4 is 11.9 Å². The summed E-state index contributed by atoms with van der Waals surface area (Å²) in [6, 6.07) is 11.1. The first-order valence-electron chi connectivity index (χ1n) is 9.26. The van der Waals surface area contributed by atoms with Crippen molar-refractivity contribution in [2.75, 3.05) is 34.0 Å². The molecule has 0 aromatic heterocycles. The average Bonchev–Trinajstić information content (AvgIpc) is 2.70. The summed E-state index contributed by atoms with van der Waals surface area (Å²) in [5.41, 5.74) is 2.91. The zero-order chi connectivity index (χ0) is 21.2. The Bertz CT molecular complexity index is 849. The number of methoxy groups -OCH3 is 2. The number of rotatable bonds is 10. The Morgan fingerprint density at radius 2 is 1.66 bits per heavy atom. The number of hydrogen-bond acceptors (Lipinski definition) is 6. The SMILES string of the molecule is COc1ccc(CC(=O)OCC(=O)NCCOc2ccc(C)cc2C)cc1OC. The first kappa shape index (κ1) is 22.1. The Balaban J connectivity index is 1.68. The summed E-state index contributed by atoms with van der Waals surface area (Å²) in [7, 11) is 3.06. The minimum absolute atomic E-state index is 0.0312. The predicted octanol–water partition coefficient (Wildman–Crippen LogP) is 2.60. The minimum Gasteiger partial charge on any atom is -0.493 e. The molecule has 0 unspecified atom stereocenters. The minimum atomic E-state index is -0.501. The Labute approximate surface area is 170 Å². The van der Waals surface area contributed by atoms with E-state index < -0.39 is 5.97 Å². The maximum atomic E-state index is 12.0. The molecule has 0 saturated heterocycles. The third kappa shape index (κ3) is 7.03. The normalized spacial score (nSPS) is 10.2. The zero-order valence-corrected chi connectivity index (χ0v) is 17.2. The number of nitrogens with one attached hydrogen (secondary N) is 1. The molecule has 1 amide bonds. The molecule has 0 saturated carbocycles. The number of carbonyl (C=O) groups is 2. The fourth-order valence-corrected chi connectivity index (χ4v) is 2.72. The van der Waals surface area contributed by atoms with Crippen LogP contribution in [0.5, 0.6) is 17.2 Å². The van der Waals surface area contributed by atoms with Gasteiger partial charge in [0.2, 0.25) is 0 Å². The molecular weight excluding hydrogens is 374 g/mol. The van der Waals surface area contributed by atoms with E-state index in [1.54, 1.807) is 18.2 Å². The molecule has 1 N–H and O–H groups in total. The summed E-state index contributed by atoms with van der Waals surface area (Å²) in [6.45, 7) is 4.30. The lowest BCUT2D eigenvalue weighted by Crippen LogP contribution is -2.32. The summed E-state index contributed by atoms with van der Waals surface area (Å²) < 4.78 is 21.0. The first-order chi connectivity index (χ1) is 13.9. The van der Waals surface area contributed by atoms with Crippen molar-refractivity contribution in [3.8, 4) is 17.2 Å². The molecule has 7 heteroatoms. The van der Waals surface area contributed by atoms with Crippen molar-refractivity contribution in [2.24, 2.45) is 0 Å². The van der Waals surface area contributed by atoms with Gasteiger partial charge in [-0.15, -0.1) is 0 Å². The van der Waals surface area contributed by atoms with E-state index in [9.17, 15) is 9.59 Å². The van der Waals surface area contributed by atoms with Crippen molar-refractivity contribution in [1.29, 1.82) is 0 Å². The maximum Gasteiger partial charge on any atom is 0.310 e.